The molecule has 3 rings (SSSR count). The molecule has 1 aromatic heterocycles. The van der Waals surface area contributed by atoms with Crippen LogP contribution in [0.2, 0.25) is 0 Å². The molecule has 1 fully saturated rings. The van der Waals surface area contributed by atoms with E-state index >= 15 is 0 Å². The van der Waals surface area contributed by atoms with Crippen LogP contribution in [0.3, 0.4) is 0 Å². The van der Waals surface area contributed by atoms with Crippen LogP contribution in [0.25, 0.3) is 0 Å². The minimum Gasteiger partial charge on any atom is -0.497 e. The van der Waals surface area contributed by atoms with E-state index in [9.17, 15) is 4.79 Å². The lowest BCUT2D eigenvalue weighted by Gasteiger charge is -2.33. The van der Waals surface area contributed by atoms with E-state index in [1.54, 1.807) is 38.5 Å². The number of amides is 1. The van der Waals surface area contributed by atoms with Gasteiger partial charge in [0.25, 0.3) is 0 Å². The van der Waals surface area contributed by atoms with Crippen LogP contribution in [0.4, 0.5) is 5.95 Å². The summed E-state index contributed by atoms with van der Waals surface area (Å²) in [6.45, 7) is 2.43. The number of nitrogens with one attached hydrogen (secondary N) is 2. The SMILES string of the molecule is COc1ccc(CN=C(NCC(=O)N(C)C)NC2CCN(c3ncccn3)CC2)cc1.I. The number of carbonyl (C=O) groups is 1. The highest BCUT2D eigenvalue weighted by molar-refractivity contribution is 14.0. The Morgan fingerprint density at radius 3 is 2.44 bits per heavy atom. The molecule has 0 radical (unpaired) electrons. The van der Waals surface area contributed by atoms with Gasteiger partial charge in [0.05, 0.1) is 20.2 Å². The summed E-state index contributed by atoms with van der Waals surface area (Å²) in [6, 6.07) is 9.90. The van der Waals surface area contributed by atoms with Crippen molar-refractivity contribution < 1.29 is 9.53 Å². The number of aliphatic imine (C=N–C) groups is 1. The lowest BCUT2D eigenvalue weighted by molar-refractivity contribution is -0.127. The maximum atomic E-state index is 12.0. The van der Waals surface area contributed by atoms with E-state index in [1.165, 1.54) is 0 Å². The molecule has 1 aliphatic heterocycles. The van der Waals surface area contributed by atoms with Crippen LogP contribution in [-0.2, 0) is 11.3 Å². The number of ether oxygens (including phenoxy) is 1. The van der Waals surface area contributed by atoms with Crippen molar-refractivity contribution in [1.82, 2.24) is 25.5 Å². The molecular formula is C22H32IN7O2. The summed E-state index contributed by atoms with van der Waals surface area (Å²) in [7, 11) is 5.13. The quantitative estimate of drug-likeness (QED) is 0.307. The van der Waals surface area contributed by atoms with Crippen molar-refractivity contribution in [3.8, 4) is 5.75 Å². The number of aromatic nitrogens is 2. The molecule has 0 bridgehead atoms. The van der Waals surface area contributed by atoms with Crippen molar-refractivity contribution in [2.24, 2.45) is 4.99 Å². The second-order valence-corrected chi connectivity index (χ2v) is 7.61. The van der Waals surface area contributed by atoms with Crippen LogP contribution in [0.5, 0.6) is 5.75 Å². The molecule has 10 heteroatoms. The molecule has 1 amide bonds. The third kappa shape index (κ3) is 7.81. The van der Waals surface area contributed by atoms with Crippen LogP contribution >= 0.6 is 24.0 Å². The van der Waals surface area contributed by atoms with Gasteiger partial charge in [0.15, 0.2) is 5.96 Å². The Kier molecular flexibility index (Phi) is 10.4. The topological polar surface area (TPSA) is 95.0 Å². The van der Waals surface area contributed by atoms with Crippen molar-refractivity contribution in [3.05, 3.63) is 48.3 Å². The molecule has 2 N–H and O–H groups in total. The smallest absolute Gasteiger partial charge is 0.241 e. The van der Waals surface area contributed by atoms with E-state index in [4.69, 9.17) is 9.73 Å². The van der Waals surface area contributed by atoms with Crippen LogP contribution in [0.1, 0.15) is 18.4 Å². The Bertz CT molecular complexity index is 854. The van der Waals surface area contributed by atoms with Gasteiger partial charge in [-0.3, -0.25) is 4.79 Å². The average molecular weight is 553 g/mol. The second kappa shape index (κ2) is 13.0. The summed E-state index contributed by atoms with van der Waals surface area (Å²) in [5.41, 5.74) is 1.07. The Balaban J connectivity index is 0.00000363. The highest BCUT2D eigenvalue weighted by Crippen LogP contribution is 2.15. The van der Waals surface area contributed by atoms with Crippen LogP contribution < -0.4 is 20.3 Å². The second-order valence-electron chi connectivity index (χ2n) is 7.61. The number of likely N-dealkylation sites (N-methyl/N-ethyl adjacent to an activating group) is 1. The minimum atomic E-state index is -0.00464. The van der Waals surface area contributed by atoms with Crippen molar-refractivity contribution in [2.45, 2.75) is 25.4 Å². The maximum absolute atomic E-state index is 12.0. The van der Waals surface area contributed by atoms with Gasteiger partial charge >= 0.3 is 0 Å². The molecule has 0 unspecified atom stereocenters. The van der Waals surface area contributed by atoms with E-state index in [0.29, 0.717) is 12.5 Å². The lowest BCUT2D eigenvalue weighted by Crippen LogP contribution is -2.50. The number of hydrogen-bond donors (Lipinski definition) is 2. The first-order chi connectivity index (χ1) is 15.0. The fourth-order valence-corrected chi connectivity index (χ4v) is 3.24. The van der Waals surface area contributed by atoms with Gasteiger partial charge in [-0.25, -0.2) is 15.0 Å². The molecule has 9 nitrogen and oxygen atoms in total. The Hall–Kier alpha value is -2.63. The highest BCUT2D eigenvalue weighted by atomic mass is 127. The molecule has 0 spiro atoms. The van der Waals surface area contributed by atoms with Crippen molar-refractivity contribution >= 4 is 41.8 Å². The third-order valence-electron chi connectivity index (χ3n) is 5.16. The number of halogens is 1. The first-order valence-corrected chi connectivity index (χ1v) is 10.4. The van der Waals surface area contributed by atoms with E-state index in [-0.39, 0.29) is 42.5 Å². The summed E-state index contributed by atoms with van der Waals surface area (Å²) < 4.78 is 5.21. The predicted molar refractivity (Wildman–Crippen MR) is 137 cm³/mol. The molecule has 32 heavy (non-hydrogen) atoms. The number of piperidine rings is 1. The zero-order valence-electron chi connectivity index (χ0n) is 18.8. The summed E-state index contributed by atoms with van der Waals surface area (Å²) in [5.74, 6) is 2.22. The molecule has 0 atom stereocenters. The van der Waals surface area contributed by atoms with Gasteiger partial charge < -0.3 is 25.2 Å². The minimum absolute atomic E-state index is 0. The largest absolute Gasteiger partial charge is 0.497 e. The molecule has 0 aliphatic carbocycles. The fourth-order valence-electron chi connectivity index (χ4n) is 3.24. The monoisotopic (exact) mass is 553 g/mol. The van der Waals surface area contributed by atoms with Crippen LogP contribution in [-0.4, -0.2) is 73.6 Å². The van der Waals surface area contributed by atoms with E-state index in [2.05, 4.69) is 25.5 Å². The highest BCUT2D eigenvalue weighted by Gasteiger charge is 2.21. The van der Waals surface area contributed by atoms with Crippen LogP contribution in [0, 0.1) is 0 Å². The van der Waals surface area contributed by atoms with Crippen molar-refractivity contribution in [3.63, 3.8) is 0 Å². The Labute approximate surface area is 206 Å². The van der Waals surface area contributed by atoms with Gasteiger partial charge in [-0.15, -0.1) is 24.0 Å². The number of nitrogens with zero attached hydrogens (tertiary/aromatic N) is 5. The summed E-state index contributed by atoms with van der Waals surface area (Å²) >= 11 is 0. The molecule has 2 heterocycles. The molecule has 1 saturated heterocycles. The normalized spacial score (nSPS) is 14.3. The number of carbonyl (C=O) groups excluding carboxylic acids is 1. The van der Waals surface area contributed by atoms with Gasteiger partial charge in [0.2, 0.25) is 11.9 Å². The van der Waals surface area contributed by atoms with Crippen molar-refractivity contribution in [1.29, 1.82) is 0 Å². The summed E-state index contributed by atoms with van der Waals surface area (Å²) in [4.78, 5) is 29.2. The fraction of sp³-hybridized carbons (Fsp3) is 0.455. The summed E-state index contributed by atoms with van der Waals surface area (Å²) in [6.07, 6.45) is 5.40. The zero-order chi connectivity index (χ0) is 22.1. The number of rotatable bonds is 7. The maximum Gasteiger partial charge on any atom is 0.241 e. The number of guanidine groups is 1. The number of methoxy groups -OCH3 is 1. The van der Waals surface area contributed by atoms with Gasteiger partial charge in [-0.2, -0.15) is 0 Å². The molecule has 2 aromatic rings. The van der Waals surface area contributed by atoms with E-state index < -0.39 is 0 Å². The first kappa shape index (κ1) is 25.6. The zero-order valence-corrected chi connectivity index (χ0v) is 21.2. The average Bonchev–Trinajstić information content (AvgIpc) is 2.81. The van der Waals surface area contributed by atoms with E-state index in [1.807, 2.05) is 30.3 Å². The molecule has 174 valence electrons. The third-order valence-corrected chi connectivity index (χ3v) is 5.16. The number of hydrogen-bond acceptors (Lipinski definition) is 6. The molecule has 1 aromatic carbocycles. The molecule has 1 aliphatic rings. The Morgan fingerprint density at radius 1 is 1.19 bits per heavy atom. The molecule has 0 saturated carbocycles. The predicted octanol–water partition coefficient (Wildman–Crippen LogP) is 1.90. The molecular weight excluding hydrogens is 521 g/mol. The van der Waals surface area contributed by atoms with Crippen molar-refractivity contribution in [2.75, 3.05) is 45.7 Å². The standard InChI is InChI=1S/C22H31N7O2.HI/c1-28(2)20(30)16-26-21(25-15-17-5-7-19(31-3)8-6-17)27-18-9-13-29(14-10-18)22-23-11-4-12-24-22;/h4-8,11-12,18H,9-10,13-16H2,1-3H3,(H2,25,26,27);1H. The van der Waals surface area contributed by atoms with Gasteiger partial charge in [-0.05, 0) is 36.6 Å². The van der Waals surface area contributed by atoms with Gasteiger partial charge in [0, 0.05) is 45.6 Å². The lowest BCUT2D eigenvalue weighted by atomic mass is 10.1. The number of benzene rings is 1. The summed E-state index contributed by atoms with van der Waals surface area (Å²) in [5, 5.41) is 6.66. The first-order valence-electron chi connectivity index (χ1n) is 10.4. The van der Waals surface area contributed by atoms with Gasteiger partial charge in [0.1, 0.15) is 5.75 Å². The Morgan fingerprint density at radius 2 is 1.84 bits per heavy atom. The van der Waals surface area contributed by atoms with Crippen LogP contribution in [0.15, 0.2) is 47.7 Å². The van der Waals surface area contributed by atoms with E-state index in [0.717, 1.165) is 43.2 Å². The number of anilines is 1. The van der Waals surface area contributed by atoms with Gasteiger partial charge in [-0.1, -0.05) is 12.1 Å².